The summed E-state index contributed by atoms with van der Waals surface area (Å²) in [5.74, 6) is -2.44. The number of aliphatic carboxylic acids is 2. The van der Waals surface area contributed by atoms with Crippen molar-refractivity contribution in [2.24, 2.45) is 11.5 Å². The molecule has 0 saturated carbocycles. The summed E-state index contributed by atoms with van der Waals surface area (Å²) in [5.41, 5.74) is 9.02. The van der Waals surface area contributed by atoms with Gasteiger partial charge >= 0.3 is 20.8 Å². The Kier molecular flexibility index (Phi) is 24.3. The predicted octanol–water partition coefficient (Wildman–Crippen LogP) is -5.55. The van der Waals surface area contributed by atoms with Crippen LogP contribution in [0.3, 0.4) is 0 Å². The molecule has 0 aliphatic heterocycles. The maximum atomic E-state index is 9.13. The minimum atomic E-state index is -1.22. The van der Waals surface area contributed by atoms with E-state index in [0.717, 1.165) is 0 Å². The molecule has 8 heteroatoms. The molecule has 0 aliphatic rings. The monoisotopic (exact) mass is 192 g/mol. The molecule has 0 unspecified atom stereocenters. The van der Waals surface area contributed by atoms with Crippen molar-refractivity contribution in [3.63, 3.8) is 0 Å². The Morgan fingerprint density at radius 1 is 1.08 bits per heavy atom. The van der Waals surface area contributed by atoms with Crippen molar-refractivity contribution in [2.45, 2.75) is 0 Å². The molecule has 68 valence electrons. The van der Waals surface area contributed by atoms with Crippen LogP contribution in [0, 0.1) is 0 Å². The molecule has 0 fully saturated rings. The summed E-state index contributed by atoms with van der Waals surface area (Å²) in [6.45, 7) is -0.778. The molecule has 0 amide bonds. The molecule has 0 saturated heterocycles. The fourth-order valence-corrected chi connectivity index (χ4v) is 0. The molecule has 7 nitrogen and oxygen atoms in total. The first-order chi connectivity index (χ1) is 5.54. The van der Waals surface area contributed by atoms with E-state index >= 15 is 0 Å². The summed E-state index contributed by atoms with van der Waals surface area (Å²) in [5, 5.41) is 18.3. The summed E-state index contributed by atoms with van der Waals surface area (Å²) in [7, 11) is 0. The second-order valence-electron chi connectivity index (χ2n) is 1.15. The second-order valence-corrected chi connectivity index (χ2v) is 1.15. The van der Waals surface area contributed by atoms with Crippen LogP contribution in [0.25, 0.3) is 0 Å². The van der Waals surface area contributed by atoms with E-state index in [1.165, 1.54) is 16.6 Å². The number of nitrogens with two attached hydrogens (primary N) is 2. The third-order valence-corrected chi connectivity index (χ3v) is 0.333. The van der Waals surface area contributed by atoms with Crippen molar-refractivity contribution < 1.29 is 24.0 Å². The van der Waals surface area contributed by atoms with Crippen LogP contribution in [0.1, 0.15) is 0 Å². The van der Waals surface area contributed by atoms with Crippen LogP contribution in [-0.4, -0.2) is 45.8 Å². The Balaban J connectivity index is -0.000000112. The van der Waals surface area contributed by atoms with Crippen LogP contribution in [0.15, 0.2) is 0 Å². The van der Waals surface area contributed by atoms with Crippen molar-refractivity contribution in [1.29, 1.82) is 0 Å². The number of carbonyl (C=O) groups is 2. The first-order valence-electron chi connectivity index (χ1n) is 2.60. The molecule has 0 atom stereocenters. The first kappa shape index (κ1) is 17.4. The molecule has 0 spiro atoms. The zero-order valence-corrected chi connectivity index (χ0v) is 7.38. The zero-order chi connectivity index (χ0) is 10.6. The molecular weight excluding hydrogens is 183 g/mol. The van der Waals surface area contributed by atoms with E-state index in [9.17, 15) is 0 Å². The van der Waals surface area contributed by atoms with Crippen LogP contribution >= 0.6 is 0 Å². The van der Waals surface area contributed by atoms with E-state index in [4.69, 9.17) is 24.0 Å². The summed E-state index contributed by atoms with van der Waals surface area (Å²) >= 11 is 1.42. The molecular formula is C4H9AlN2O5. The molecule has 0 radical (unpaired) electrons. The normalized spacial score (nSPS) is 6.75. The molecule has 0 aliphatic carbocycles. The molecule has 12 heavy (non-hydrogen) atoms. The summed E-state index contributed by atoms with van der Waals surface area (Å²) in [4.78, 5) is 18.3. The van der Waals surface area contributed by atoms with Crippen molar-refractivity contribution >= 4 is 28.6 Å². The Hall–Kier alpha value is -0.648. The van der Waals surface area contributed by atoms with Crippen molar-refractivity contribution in [3.8, 4) is 0 Å². The number of hydrogen-bond acceptors (Lipinski definition) is 7. The van der Waals surface area contributed by atoms with Gasteiger partial charge in [0, 0.05) is 13.1 Å². The number of carbonyl (C=O) groups excluding carboxylic acids is 2. The van der Waals surface area contributed by atoms with E-state index in [2.05, 4.69) is 11.5 Å². The predicted molar refractivity (Wildman–Crippen MR) is 36.1 cm³/mol. The molecule has 0 rings (SSSR count). The Bertz CT molecular complexity index is 106. The van der Waals surface area contributed by atoms with Crippen LogP contribution in [0.5, 0.6) is 0 Å². The summed E-state index contributed by atoms with van der Waals surface area (Å²) < 4.78 is 6.92. The average Bonchev–Trinajstić information content (AvgIpc) is 2.09. The van der Waals surface area contributed by atoms with E-state index in [0.29, 0.717) is 0 Å². The third-order valence-electron chi connectivity index (χ3n) is 0.333. The average molecular weight is 192 g/mol. The number of carboxylic acids is 2. The van der Waals surface area contributed by atoms with E-state index in [1.807, 2.05) is 0 Å². The van der Waals surface area contributed by atoms with Crippen LogP contribution < -0.4 is 21.7 Å². The van der Waals surface area contributed by atoms with Gasteiger partial charge in [-0.25, -0.2) is 0 Å². The van der Waals surface area contributed by atoms with Crippen LogP contribution in [0.4, 0.5) is 0 Å². The molecule has 5 N–H and O–H groups in total. The van der Waals surface area contributed by atoms with Gasteiger partial charge in [-0.1, -0.05) is 0 Å². The summed E-state index contributed by atoms with van der Waals surface area (Å²) in [6, 6.07) is 0. The standard InChI is InChI=1S/2C2H5NO2.Al.H2O/c2*3-1-2(4)5;;/h2*1,3H2,(H,4,5);;1H2/q;;+3;/p-3. The second kappa shape index (κ2) is 16.8. The van der Waals surface area contributed by atoms with Crippen molar-refractivity contribution in [2.75, 3.05) is 13.1 Å². The zero-order valence-electron chi connectivity index (χ0n) is 6.23. The minimum absolute atomic E-state index is 0.389. The van der Waals surface area contributed by atoms with Gasteiger partial charge < -0.3 is 31.3 Å². The molecule has 0 aromatic rings. The van der Waals surface area contributed by atoms with E-state index in [-0.39, 0.29) is 13.1 Å². The quantitative estimate of drug-likeness (QED) is 0.368. The van der Waals surface area contributed by atoms with Gasteiger partial charge in [-0.15, -0.1) is 0 Å². The first-order valence-corrected chi connectivity index (χ1v) is 3.11. The van der Waals surface area contributed by atoms with Crippen molar-refractivity contribution in [1.82, 2.24) is 0 Å². The topological polar surface area (TPSA) is 153 Å². The van der Waals surface area contributed by atoms with E-state index in [1.54, 1.807) is 0 Å². The molecule has 0 bridgehead atoms. The fraction of sp³-hybridized carbons (Fsp3) is 0.500. The van der Waals surface area contributed by atoms with Crippen molar-refractivity contribution in [3.05, 3.63) is 0 Å². The maximum absolute atomic E-state index is 9.13. The SMILES string of the molecule is NCC(=O)[O-].NCC(=O)[O-].[OH][Al+2]. The molecule has 0 heterocycles. The van der Waals surface area contributed by atoms with Crippen LogP contribution in [-0.2, 0) is 9.59 Å². The Labute approximate surface area is 77.7 Å². The van der Waals surface area contributed by atoms with Gasteiger partial charge in [-0.05, 0) is 0 Å². The van der Waals surface area contributed by atoms with Gasteiger partial charge in [0.25, 0.3) is 0 Å². The summed E-state index contributed by atoms with van der Waals surface area (Å²) in [6.07, 6.45) is 0. The third kappa shape index (κ3) is 58.1. The number of hydrogen-bond donors (Lipinski definition) is 3. The van der Waals surface area contributed by atoms with Gasteiger partial charge in [-0.2, -0.15) is 0 Å². The van der Waals surface area contributed by atoms with Gasteiger partial charge in [0.15, 0.2) is 0 Å². The number of rotatable bonds is 2. The van der Waals surface area contributed by atoms with Gasteiger partial charge in [0.2, 0.25) is 0 Å². The Morgan fingerprint density at radius 3 is 1.17 bits per heavy atom. The number of carboxylic acid groups (broad SMARTS) is 2. The molecule has 0 aromatic carbocycles. The van der Waals surface area contributed by atoms with Gasteiger partial charge in [-0.3, -0.25) is 0 Å². The molecule has 0 aromatic heterocycles. The Morgan fingerprint density at radius 2 is 1.17 bits per heavy atom. The van der Waals surface area contributed by atoms with Gasteiger partial charge in [0.05, 0.1) is 11.9 Å². The van der Waals surface area contributed by atoms with Gasteiger partial charge in [0.1, 0.15) is 0 Å². The fourth-order valence-electron chi connectivity index (χ4n) is 0. The van der Waals surface area contributed by atoms with E-state index < -0.39 is 11.9 Å². The van der Waals surface area contributed by atoms with Crippen LogP contribution in [0.2, 0.25) is 0 Å².